The number of aromatic nitrogens is 8. The number of carbonyl (C=O) groups is 9. The number of benzene rings is 4. The van der Waals surface area contributed by atoms with Crippen LogP contribution in [0.3, 0.4) is 0 Å². The van der Waals surface area contributed by atoms with Crippen LogP contribution < -0.4 is 49.4 Å². The molecule has 0 spiro atoms. The van der Waals surface area contributed by atoms with Gasteiger partial charge in [-0.1, -0.05) is 31.2 Å². The van der Waals surface area contributed by atoms with Crippen molar-refractivity contribution >= 4 is 117 Å². The van der Waals surface area contributed by atoms with Crippen molar-refractivity contribution in [1.29, 1.82) is 0 Å². The first-order valence-corrected chi connectivity index (χ1v) is 32.2. The summed E-state index contributed by atoms with van der Waals surface area (Å²) in [7, 11) is 1.34. The maximum absolute atomic E-state index is 13.6. The Labute approximate surface area is 601 Å². The Balaban J connectivity index is 0.000000199. The van der Waals surface area contributed by atoms with E-state index in [0.29, 0.717) is 46.7 Å². The lowest BCUT2D eigenvalue weighted by atomic mass is 9.72. The van der Waals surface area contributed by atoms with Crippen LogP contribution in [0, 0.1) is 0 Å². The predicted octanol–water partition coefficient (Wildman–Crippen LogP) is 3.06. The molecule has 2 amide bonds. The van der Waals surface area contributed by atoms with E-state index in [1.807, 2.05) is 6.92 Å². The average Bonchev–Trinajstić information content (AvgIpc) is 0.710. The van der Waals surface area contributed by atoms with Gasteiger partial charge in [-0.05, 0) is 93.5 Å². The molecule has 4 aromatic carbocycles. The summed E-state index contributed by atoms with van der Waals surface area (Å²) in [5, 5.41) is 87.7. The molecule has 2 aliphatic carbocycles. The van der Waals surface area contributed by atoms with Crippen LogP contribution in [0.15, 0.2) is 79.1 Å². The van der Waals surface area contributed by atoms with E-state index in [9.17, 15) is 68.7 Å². The number of aliphatic hydroxyl groups excluding tert-OH is 1. The molecule has 105 heavy (non-hydrogen) atoms. The van der Waals surface area contributed by atoms with E-state index in [-0.39, 0.29) is 125 Å². The highest BCUT2D eigenvalue weighted by molar-refractivity contribution is 6.31. The monoisotopic (exact) mass is 1470 g/mol. The Morgan fingerprint density at radius 2 is 1.23 bits per heavy atom. The van der Waals surface area contributed by atoms with Gasteiger partial charge in [0, 0.05) is 71.7 Å². The highest BCUT2D eigenvalue weighted by Gasteiger charge is 2.50. The summed E-state index contributed by atoms with van der Waals surface area (Å²) in [6, 6.07) is 14.2. The van der Waals surface area contributed by atoms with Gasteiger partial charge >= 0.3 is 23.9 Å². The molecule has 1 fully saturated rings. The fourth-order valence-electron chi connectivity index (χ4n) is 11.9. The maximum Gasteiger partial charge on any atom is 0.326 e. The Morgan fingerprint density at radius 3 is 1.73 bits per heavy atom. The number of fused-ring (bicyclic) bond motifs is 5. The number of nitrogen functional groups attached to an aromatic ring is 4. The molecule has 9 atom stereocenters. The van der Waals surface area contributed by atoms with Crippen LogP contribution in [0.4, 0.5) is 29.2 Å². The molecule has 8 aromatic rings. The van der Waals surface area contributed by atoms with E-state index >= 15 is 0 Å². The number of hydrogen-bond donors (Lipinski definition) is 16. The predicted molar refractivity (Wildman–Crippen MR) is 374 cm³/mol. The van der Waals surface area contributed by atoms with Gasteiger partial charge in [-0.3, -0.25) is 33.6 Å². The third-order valence-electron chi connectivity index (χ3n) is 17.5. The van der Waals surface area contributed by atoms with Crippen molar-refractivity contribution in [3.05, 3.63) is 141 Å². The second kappa shape index (κ2) is 33.4. The molecule has 0 saturated carbocycles. The molecule has 4 aromatic heterocycles. The summed E-state index contributed by atoms with van der Waals surface area (Å²) in [4.78, 5) is 141. The van der Waals surface area contributed by atoms with Gasteiger partial charge in [0.25, 0.3) is 11.8 Å². The molecular formula is C68H75ClN16O20. The molecular weight excluding hydrogens is 1400 g/mol. The van der Waals surface area contributed by atoms with Gasteiger partial charge in [-0.15, -0.1) is 12.4 Å². The number of nitrogens with one attached hydrogen (secondary N) is 3. The number of ketones is 3. The number of carboxylic acid groups (broad SMARTS) is 4. The minimum absolute atomic E-state index is 0. The van der Waals surface area contributed by atoms with Crippen LogP contribution in [-0.2, 0) is 52.8 Å². The quantitative estimate of drug-likeness (QED) is 0.0409. The summed E-state index contributed by atoms with van der Waals surface area (Å²) in [6.45, 7) is 5.11. The molecule has 36 nitrogen and oxygen atoms in total. The summed E-state index contributed by atoms with van der Waals surface area (Å²) < 4.78 is 17.1. The molecule has 1 saturated heterocycles. The number of Topliss-reactive ketones (excluding diaryl/α,β-unsaturated/α-hetero) is 1. The number of phenols is 2. The van der Waals surface area contributed by atoms with Gasteiger partial charge in [0.1, 0.15) is 34.9 Å². The molecule has 21 N–H and O–H groups in total. The first-order valence-electron chi connectivity index (χ1n) is 32.2. The number of ether oxygens (including phenoxy) is 3. The van der Waals surface area contributed by atoms with Crippen LogP contribution in [0.1, 0.15) is 158 Å². The van der Waals surface area contributed by atoms with Gasteiger partial charge in [0.15, 0.2) is 51.8 Å². The number of aromatic hydroxyl groups is 2. The smallest absolute Gasteiger partial charge is 0.326 e. The Hall–Kier alpha value is -12.0. The summed E-state index contributed by atoms with van der Waals surface area (Å²) in [5.74, 6) is -8.87. The Bertz CT molecular complexity index is 4680. The second-order valence-electron chi connectivity index (χ2n) is 24.6. The lowest BCUT2D eigenvalue weighted by molar-refractivity contribution is -0.247. The van der Waals surface area contributed by atoms with Crippen molar-refractivity contribution in [3.8, 4) is 17.2 Å². The van der Waals surface area contributed by atoms with Crippen molar-refractivity contribution in [2.75, 3.05) is 35.4 Å². The van der Waals surface area contributed by atoms with Crippen molar-refractivity contribution in [2.45, 2.75) is 139 Å². The molecule has 1 aliphatic heterocycles. The summed E-state index contributed by atoms with van der Waals surface area (Å²) >= 11 is 0. The number of phenolic OH excluding ortho intramolecular Hbond substituents is 2. The molecule has 0 radical (unpaired) electrons. The van der Waals surface area contributed by atoms with E-state index in [2.05, 4.69) is 55.8 Å². The first-order chi connectivity index (χ1) is 49.3. The fraction of sp³-hybridized carbons (Fsp3) is 0.338. The molecule has 6 unspecified atom stereocenters. The fourth-order valence-corrected chi connectivity index (χ4v) is 11.9. The highest BCUT2D eigenvalue weighted by Crippen LogP contribution is 2.53. The molecule has 3 aliphatic rings. The minimum atomic E-state index is -2.00. The number of halogens is 1. The van der Waals surface area contributed by atoms with Crippen molar-refractivity contribution in [3.63, 3.8) is 0 Å². The van der Waals surface area contributed by atoms with Gasteiger partial charge in [0.05, 0.1) is 72.4 Å². The molecule has 37 heteroatoms. The lowest BCUT2D eigenvalue weighted by Gasteiger charge is -2.42. The lowest BCUT2D eigenvalue weighted by Crippen LogP contribution is -2.52. The van der Waals surface area contributed by atoms with Crippen molar-refractivity contribution in [2.24, 2.45) is 5.73 Å². The number of hydrogen-bond acceptors (Lipinski definition) is 30. The number of rotatable bonds is 23. The number of nitrogens with zero attached hydrogens (tertiary/aromatic N) is 8. The number of aliphatic carboxylic acids is 4. The number of aliphatic hydroxyl groups is 2. The third kappa shape index (κ3) is 18.1. The van der Waals surface area contributed by atoms with E-state index in [1.165, 1.54) is 50.6 Å². The van der Waals surface area contributed by atoms with Crippen LogP contribution >= 0.6 is 12.4 Å². The number of anilines is 5. The van der Waals surface area contributed by atoms with Crippen LogP contribution in [0.25, 0.3) is 22.3 Å². The highest BCUT2D eigenvalue weighted by atomic mass is 35.5. The van der Waals surface area contributed by atoms with Gasteiger partial charge in [-0.25, -0.2) is 29.5 Å². The summed E-state index contributed by atoms with van der Waals surface area (Å²) in [6.07, 6.45) is -1.21. The topological polar surface area (TPSA) is 612 Å². The van der Waals surface area contributed by atoms with Crippen molar-refractivity contribution < 1.29 is 98.2 Å². The SMILES string of the molecule is CCC(Cc1cnc2nc(N)nc(N)c2n1)c1ccc(C(=O)N[C@@H](CCC(=O)O)C(=O)O)cc1.COc1cccc2c1C(=O)c1c(O)c3c(c(O)c1C2=O)C[C@@](O)(C(C)=O)C[C@@H]3OC1CC(N)C(O)C(C)O1.Cl.Nc1nc(N)c2nc(CNc3ccc(C(=O)NC(CCC(=O)O)C(=O)O)cc3)cnc2n1. The van der Waals surface area contributed by atoms with Crippen LogP contribution in [0.2, 0.25) is 0 Å². The number of nitrogens with two attached hydrogens (primary N) is 5. The largest absolute Gasteiger partial charge is 0.507 e. The van der Waals surface area contributed by atoms with Crippen LogP contribution in [0.5, 0.6) is 17.2 Å². The van der Waals surface area contributed by atoms with E-state index in [0.717, 1.165) is 12.0 Å². The molecule has 5 heterocycles. The van der Waals surface area contributed by atoms with Gasteiger partial charge in [-0.2, -0.15) is 19.9 Å². The standard InChI is InChI=1S/C27H29NO10.C22H25N7O5.C19H20N8O5.ClH/c1-10-22(30)14(28)7-17(37-10)38-16-9-27(35,11(2)29)8-13-19(16)26(34)21-20(24(13)32)23(31)12-5-4-6-15(36-3)18(12)25(21)33;1-2-11(9-14-10-25-19-17(26-14)18(23)28-22(24)29-19)12-3-5-13(6-4-12)20(32)27-15(21(33)34)7-8-16(30)31;20-15-14-16(27-19(21)26-15)23-8-11(24-14)7-22-10-3-1-9(2-4-10)17(30)25-12(18(31)32)5-6-13(28)29;/h4-6,10,14,16-17,22,30,32,34-35H,7-9,28H2,1-3H3;3-6,10-11,15H,2,7-9H2,1H3,(H,27,32)(H,30,31)(H,33,34)(H4,23,24,25,28,29);1-4,8,12,22H,5-7H2,(H,25,30)(H,28,29)(H,31,32)(H4,20,21,23,26,27);1H/t10?,14?,16-,17?,22?,27-;11?,15-;;/m00../s1. The van der Waals surface area contributed by atoms with E-state index < -0.39 is 130 Å². The number of methoxy groups -OCH3 is 1. The zero-order chi connectivity index (χ0) is 75.8. The third-order valence-corrected chi connectivity index (χ3v) is 17.5. The van der Waals surface area contributed by atoms with Gasteiger partial charge < -0.3 is 99.7 Å². The van der Waals surface area contributed by atoms with Crippen molar-refractivity contribution in [1.82, 2.24) is 50.5 Å². The average molecular weight is 1470 g/mol. The summed E-state index contributed by atoms with van der Waals surface area (Å²) in [5.41, 5.74) is 30.5. The maximum atomic E-state index is 13.6. The molecule has 554 valence electrons. The van der Waals surface area contributed by atoms with Crippen LogP contribution in [-0.4, -0.2) is 183 Å². The van der Waals surface area contributed by atoms with E-state index in [1.54, 1.807) is 49.5 Å². The zero-order valence-corrected chi connectivity index (χ0v) is 57.4. The Kier molecular flexibility index (Phi) is 25.1. The minimum Gasteiger partial charge on any atom is -0.507 e. The van der Waals surface area contributed by atoms with Gasteiger partial charge in [0.2, 0.25) is 17.7 Å². The normalized spacial score (nSPS) is 18.6. The zero-order valence-electron chi connectivity index (χ0n) is 56.5. The molecule has 0 bridgehead atoms. The number of carboxylic acids is 4. The first kappa shape index (κ1) is 78.8. The molecule has 11 rings (SSSR count). The Morgan fingerprint density at radius 1 is 0.705 bits per heavy atom. The number of amides is 2. The second-order valence-corrected chi connectivity index (χ2v) is 24.6. The number of carbonyl (C=O) groups excluding carboxylic acids is 5. The van der Waals surface area contributed by atoms with E-state index in [4.69, 9.17) is 58.2 Å².